The first-order valence-corrected chi connectivity index (χ1v) is 8.31. The molecule has 4 rings (SSSR count). The van der Waals surface area contributed by atoms with Gasteiger partial charge in [-0.05, 0) is 29.8 Å². The fraction of sp³-hybridized carbons (Fsp3) is 0.0588. The van der Waals surface area contributed by atoms with Crippen LogP contribution in [0.4, 0.5) is 13.2 Å². The van der Waals surface area contributed by atoms with Crippen LogP contribution in [0.2, 0.25) is 0 Å². The molecule has 4 aromatic rings. The van der Waals surface area contributed by atoms with Crippen LogP contribution < -0.4 is 0 Å². The van der Waals surface area contributed by atoms with Crippen molar-refractivity contribution < 1.29 is 13.2 Å². The summed E-state index contributed by atoms with van der Waals surface area (Å²) in [5.41, 5.74) is 0.202. The number of halogens is 3. The normalized spacial score (nSPS) is 12.3. The van der Waals surface area contributed by atoms with Gasteiger partial charge in [-0.1, -0.05) is 35.6 Å². The quantitative estimate of drug-likeness (QED) is 0.533. The van der Waals surface area contributed by atoms with Gasteiger partial charge in [0.25, 0.3) is 0 Å². The average Bonchev–Trinajstić information content (AvgIpc) is 3.20. The third-order valence-corrected chi connectivity index (χ3v) is 4.48. The van der Waals surface area contributed by atoms with Crippen LogP contribution >= 0.6 is 11.3 Å². The first-order chi connectivity index (χ1) is 12.5. The van der Waals surface area contributed by atoms with Crippen molar-refractivity contribution in [3.63, 3.8) is 0 Å². The summed E-state index contributed by atoms with van der Waals surface area (Å²) in [6, 6.07) is 8.97. The van der Waals surface area contributed by atoms with Gasteiger partial charge in [-0.25, -0.2) is 0 Å². The summed E-state index contributed by atoms with van der Waals surface area (Å²) in [5, 5.41) is 13.1. The minimum atomic E-state index is -4.41. The molecule has 0 amide bonds. The number of rotatable bonds is 3. The molecule has 0 saturated heterocycles. The molecule has 0 atom stereocenters. The second-order valence-electron chi connectivity index (χ2n) is 5.31. The van der Waals surface area contributed by atoms with Gasteiger partial charge in [0.15, 0.2) is 5.82 Å². The Hall–Kier alpha value is -3.07. The standard InChI is InChI=1S/C17H10F3N5S/c18-17(19,20)13-4-2-1-3-11(13)5-6-14-24-25-15(22-23-16(25)26-14)12-7-9-21-10-8-12/h1-10H. The van der Waals surface area contributed by atoms with Gasteiger partial charge in [0.1, 0.15) is 5.01 Å². The summed E-state index contributed by atoms with van der Waals surface area (Å²) in [6.07, 6.45) is 1.81. The van der Waals surface area contributed by atoms with E-state index < -0.39 is 11.7 Å². The Morgan fingerprint density at radius 2 is 1.73 bits per heavy atom. The molecule has 0 aliphatic carbocycles. The number of pyridine rings is 1. The molecule has 130 valence electrons. The van der Waals surface area contributed by atoms with E-state index in [1.165, 1.54) is 29.5 Å². The van der Waals surface area contributed by atoms with Crippen molar-refractivity contribution in [1.82, 2.24) is 24.8 Å². The summed E-state index contributed by atoms with van der Waals surface area (Å²) in [4.78, 5) is 4.51. The molecule has 3 heterocycles. The SMILES string of the molecule is FC(F)(F)c1ccccc1C=Cc1nn2c(-c3ccncc3)nnc2s1. The third-order valence-electron chi connectivity index (χ3n) is 3.62. The molecule has 0 spiro atoms. The van der Waals surface area contributed by atoms with Crippen LogP contribution in [-0.4, -0.2) is 24.8 Å². The minimum absolute atomic E-state index is 0.0836. The summed E-state index contributed by atoms with van der Waals surface area (Å²) in [7, 11) is 0. The van der Waals surface area contributed by atoms with Crippen LogP contribution in [-0.2, 0) is 6.18 Å². The highest BCUT2D eigenvalue weighted by Crippen LogP contribution is 2.33. The number of aromatic nitrogens is 5. The zero-order chi connectivity index (χ0) is 18.1. The lowest BCUT2D eigenvalue weighted by Gasteiger charge is -2.09. The molecule has 0 saturated carbocycles. The molecular formula is C17H10F3N5S. The summed E-state index contributed by atoms with van der Waals surface area (Å²) in [6.45, 7) is 0. The van der Waals surface area contributed by atoms with Crippen molar-refractivity contribution in [2.75, 3.05) is 0 Å². The summed E-state index contributed by atoms with van der Waals surface area (Å²) < 4.78 is 40.7. The van der Waals surface area contributed by atoms with Crippen LogP contribution in [0.1, 0.15) is 16.1 Å². The van der Waals surface area contributed by atoms with Gasteiger partial charge in [-0.15, -0.1) is 10.2 Å². The number of alkyl halides is 3. The lowest BCUT2D eigenvalue weighted by molar-refractivity contribution is -0.137. The fourth-order valence-electron chi connectivity index (χ4n) is 2.44. The number of hydrogen-bond acceptors (Lipinski definition) is 5. The molecule has 0 N–H and O–H groups in total. The van der Waals surface area contributed by atoms with Crippen molar-refractivity contribution >= 4 is 28.4 Å². The van der Waals surface area contributed by atoms with E-state index in [-0.39, 0.29) is 5.56 Å². The summed E-state index contributed by atoms with van der Waals surface area (Å²) >= 11 is 1.24. The molecular weight excluding hydrogens is 363 g/mol. The molecule has 9 heteroatoms. The largest absolute Gasteiger partial charge is 0.416 e. The Morgan fingerprint density at radius 3 is 2.50 bits per heavy atom. The maximum absolute atomic E-state index is 13.1. The number of fused-ring (bicyclic) bond motifs is 1. The highest BCUT2D eigenvalue weighted by Gasteiger charge is 2.32. The van der Waals surface area contributed by atoms with Crippen molar-refractivity contribution in [2.24, 2.45) is 0 Å². The monoisotopic (exact) mass is 373 g/mol. The number of benzene rings is 1. The fourth-order valence-corrected chi connectivity index (χ4v) is 3.18. The second-order valence-corrected chi connectivity index (χ2v) is 6.30. The zero-order valence-corrected chi connectivity index (χ0v) is 13.9. The highest BCUT2D eigenvalue weighted by atomic mass is 32.1. The molecule has 0 aliphatic rings. The first-order valence-electron chi connectivity index (χ1n) is 7.49. The van der Waals surface area contributed by atoms with Crippen LogP contribution in [0.25, 0.3) is 28.5 Å². The van der Waals surface area contributed by atoms with E-state index in [1.54, 1.807) is 41.2 Å². The van der Waals surface area contributed by atoms with E-state index in [0.717, 1.165) is 11.6 Å². The molecule has 3 aromatic heterocycles. The summed E-state index contributed by atoms with van der Waals surface area (Å²) in [5.74, 6) is 0.550. The van der Waals surface area contributed by atoms with Crippen molar-refractivity contribution in [3.8, 4) is 11.4 Å². The topological polar surface area (TPSA) is 56.0 Å². The van der Waals surface area contributed by atoms with E-state index in [4.69, 9.17) is 0 Å². The van der Waals surface area contributed by atoms with Crippen LogP contribution in [0.5, 0.6) is 0 Å². The van der Waals surface area contributed by atoms with Gasteiger partial charge >= 0.3 is 6.18 Å². The Labute approximate surface area is 149 Å². The lowest BCUT2D eigenvalue weighted by atomic mass is 10.1. The molecule has 5 nitrogen and oxygen atoms in total. The van der Waals surface area contributed by atoms with Gasteiger partial charge < -0.3 is 0 Å². The maximum Gasteiger partial charge on any atom is 0.416 e. The molecule has 0 aliphatic heterocycles. The lowest BCUT2D eigenvalue weighted by Crippen LogP contribution is -2.06. The second kappa shape index (κ2) is 6.34. The molecule has 0 fully saturated rings. The van der Waals surface area contributed by atoms with E-state index in [1.807, 2.05) is 0 Å². The molecule has 0 unspecified atom stereocenters. The average molecular weight is 373 g/mol. The van der Waals surface area contributed by atoms with Crippen LogP contribution in [0.15, 0.2) is 48.8 Å². The molecule has 0 radical (unpaired) electrons. The van der Waals surface area contributed by atoms with Gasteiger partial charge in [-0.2, -0.15) is 22.8 Å². The van der Waals surface area contributed by atoms with Crippen LogP contribution in [0, 0.1) is 0 Å². The van der Waals surface area contributed by atoms with Gasteiger partial charge in [-0.3, -0.25) is 4.98 Å². The highest BCUT2D eigenvalue weighted by molar-refractivity contribution is 7.17. The van der Waals surface area contributed by atoms with E-state index in [0.29, 0.717) is 15.8 Å². The van der Waals surface area contributed by atoms with E-state index in [9.17, 15) is 13.2 Å². The Morgan fingerprint density at radius 1 is 0.962 bits per heavy atom. The van der Waals surface area contributed by atoms with E-state index >= 15 is 0 Å². The van der Waals surface area contributed by atoms with Crippen molar-refractivity contribution in [1.29, 1.82) is 0 Å². The van der Waals surface area contributed by atoms with E-state index in [2.05, 4.69) is 20.3 Å². The first kappa shape index (κ1) is 16.4. The van der Waals surface area contributed by atoms with Crippen molar-refractivity contribution in [3.05, 3.63) is 64.9 Å². The number of hydrogen-bond donors (Lipinski definition) is 0. The Bertz CT molecular complexity index is 1080. The zero-order valence-electron chi connectivity index (χ0n) is 13.1. The molecule has 1 aromatic carbocycles. The Balaban J connectivity index is 1.69. The van der Waals surface area contributed by atoms with Crippen LogP contribution in [0.3, 0.4) is 0 Å². The van der Waals surface area contributed by atoms with Gasteiger partial charge in [0.2, 0.25) is 4.96 Å². The number of nitrogens with zero attached hydrogens (tertiary/aromatic N) is 5. The molecule has 0 bridgehead atoms. The Kier molecular flexibility index (Phi) is 4.00. The molecule has 26 heavy (non-hydrogen) atoms. The smallest absolute Gasteiger partial charge is 0.265 e. The predicted molar refractivity (Wildman–Crippen MR) is 92.3 cm³/mol. The predicted octanol–water partition coefficient (Wildman–Crippen LogP) is 4.44. The van der Waals surface area contributed by atoms with Crippen molar-refractivity contribution in [2.45, 2.75) is 6.18 Å². The third kappa shape index (κ3) is 3.08. The van der Waals surface area contributed by atoms with Gasteiger partial charge in [0.05, 0.1) is 5.56 Å². The minimum Gasteiger partial charge on any atom is -0.265 e. The van der Waals surface area contributed by atoms with Gasteiger partial charge in [0, 0.05) is 18.0 Å². The maximum atomic E-state index is 13.1.